The summed E-state index contributed by atoms with van der Waals surface area (Å²) < 4.78 is 32.2. The molecule has 1 spiro atoms. The van der Waals surface area contributed by atoms with Crippen LogP contribution in [0.1, 0.15) is 12.8 Å². The Bertz CT molecular complexity index is 958. The van der Waals surface area contributed by atoms with Crippen molar-refractivity contribution in [3.05, 3.63) is 36.5 Å². The van der Waals surface area contributed by atoms with E-state index in [0.29, 0.717) is 12.5 Å². The van der Waals surface area contributed by atoms with E-state index in [1.165, 1.54) is 11.9 Å². The fourth-order valence-electron chi connectivity index (χ4n) is 5.25. The van der Waals surface area contributed by atoms with Crippen LogP contribution in [0.4, 0.5) is 5.69 Å². The average molecular weight is 373 g/mol. The third-order valence-corrected chi connectivity index (χ3v) is 7.02. The van der Waals surface area contributed by atoms with Crippen LogP contribution in [0.15, 0.2) is 36.5 Å². The van der Waals surface area contributed by atoms with Crippen LogP contribution in [0, 0.1) is 11.8 Å². The predicted octanol–water partition coefficient (Wildman–Crippen LogP) is 1.77. The van der Waals surface area contributed by atoms with Gasteiger partial charge in [-0.2, -0.15) is 0 Å². The second-order valence-corrected chi connectivity index (χ2v) is 9.71. The van der Waals surface area contributed by atoms with Gasteiger partial charge >= 0.3 is 0 Å². The zero-order chi connectivity index (χ0) is 17.9. The monoisotopic (exact) mass is 373 g/mol. The SMILES string of the molecule is CS(=O)(=O)NC[C@H]1[C@H]2CN(c3ccnc4ccccc34)C[C@]23CC[C@H]1O3. The number of hydrogen-bond donors (Lipinski definition) is 1. The molecular formula is C19H23N3O3S. The van der Waals surface area contributed by atoms with Gasteiger partial charge in [-0.1, -0.05) is 18.2 Å². The lowest BCUT2D eigenvalue weighted by Crippen LogP contribution is -2.41. The van der Waals surface area contributed by atoms with E-state index < -0.39 is 10.0 Å². The van der Waals surface area contributed by atoms with Crippen molar-refractivity contribution in [1.82, 2.24) is 9.71 Å². The quantitative estimate of drug-likeness (QED) is 0.884. The van der Waals surface area contributed by atoms with Crippen molar-refractivity contribution in [3.8, 4) is 0 Å². The van der Waals surface area contributed by atoms with Crippen molar-refractivity contribution < 1.29 is 13.2 Å². The van der Waals surface area contributed by atoms with Crippen LogP contribution in [0.5, 0.6) is 0 Å². The van der Waals surface area contributed by atoms with Gasteiger partial charge in [0.1, 0.15) is 0 Å². The number of rotatable bonds is 4. The van der Waals surface area contributed by atoms with Gasteiger partial charge in [0, 0.05) is 48.7 Å². The molecule has 6 nitrogen and oxygen atoms in total. The molecule has 0 saturated carbocycles. The number of nitrogens with zero attached hydrogens (tertiary/aromatic N) is 2. The Morgan fingerprint density at radius 2 is 2.19 bits per heavy atom. The number of aromatic nitrogens is 1. The zero-order valence-electron chi connectivity index (χ0n) is 14.8. The van der Waals surface area contributed by atoms with Gasteiger partial charge in [0.2, 0.25) is 10.0 Å². The minimum absolute atomic E-state index is 0.126. The topological polar surface area (TPSA) is 71.5 Å². The Kier molecular flexibility index (Phi) is 3.58. The molecule has 0 radical (unpaired) electrons. The molecule has 4 atom stereocenters. The van der Waals surface area contributed by atoms with Gasteiger partial charge < -0.3 is 9.64 Å². The van der Waals surface area contributed by atoms with Gasteiger partial charge in [0.25, 0.3) is 0 Å². The van der Waals surface area contributed by atoms with Crippen LogP contribution in [0.3, 0.4) is 0 Å². The van der Waals surface area contributed by atoms with E-state index in [0.717, 1.165) is 36.8 Å². The highest BCUT2D eigenvalue weighted by Crippen LogP contribution is 2.55. The van der Waals surface area contributed by atoms with E-state index in [4.69, 9.17) is 4.74 Å². The molecule has 3 aliphatic heterocycles. The van der Waals surface area contributed by atoms with E-state index in [1.54, 1.807) is 0 Å². The summed E-state index contributed by atoms with van der Waals surface area (Å²) in [5.41, 5.74) is 2.07. The number of hydrogen-bond acceptors (Lipinski definition) is 5. The number of para-hydroxylation sites is 1. The van der Waals surface area contributed by atoms with Crippen molar-refractivity contribution in [2.75, 3.05) is 30.8 Å². The number of fused-ring (bicyclic) bond motifs is 2. The summed E-state index contributed by atoms with van der Waals surface area (Å²) in [4.78, 5) is 6.87. The molecule has 3 saturated heterocycles. The van der Waals surface area contributed by atoms with Gasteiger partial charge in [-0.05, 0) is 25.0 Å². The normalized spacial score (nSPS) is 33.1. The number of ether oxygens (including phenoxy) is 1. The first kappa shape index (κ1) is 16.5. The van der Waals surface area contributed by atoms with Crippen molar-refractivity contribution in [2.24, 2.45) is 11.8 Å². The first-order chi connectivity index (χ1) is 12.5. The third kappa shape index (κ3) is 2.52. The highest BCUT2D eigenvalue weighted by Gasteiger charge is 2.62. The van der Waals surface area contributed by atoms with E-state index >= 15 is 0 Å². The number of anilines is 1. The summed E-state index contributed by atoms with van der Waals surface area (Å²) in [6.07, 6.45) is 5.37. The summed E-state index contributed by atoms with van der Waals surface area (Å²) in [5.74, 6) is 0.610. The van der Waals surface area contributed by atoms with Crippen LogP contribution in [0.25, 0.3) is 10.9 Å². The van der Waals surface area contributed by atoms with Gasteiger partial charge in [-0.25, -0.2) is 13.1 Å². The first-order valence-corrected chi connectivity index (χ1v) is 11.1. The minimum atomic E-state index is -3.18. The Labute approximate surface area is 153 Å². The average Bonchev–Trinajstić information content (AvgIpc) is 3.27. The molecule has 1 N–H and O–H groups in total. The summed E-state index contributed by atoms with van der Waals surface area (Å²) in [5, 5.41) is 1.16. The van der Waals surface area contributed by atoms with Gasteiger partial charge in [0.05, 0.1) is 23.5 Å². The summed E-state index contributed by atoms with van der Waals surface area (Å²) in [7, 11) is -3.18. The fourth-order valence-corrected chi connectivity index (χ4v) is 5.75. The Hall–Kier alpha value is -1.70. The van der Waals surface area contributed by atoms with Crippen molar-refractivity contribution in [3.63, 3.8) is 0 Å². The second-order valence-electron chi connectivity index (χ2n) is 7.88. The van der Waals surface area contributed by atoms with Crippen molar-refractivity contribution >= 4 is 26.6 Å². The highest BCUT2D eigenvalue weighted by molar-refractivity contribution is 7.88. The molecule has 2 bridgehead atoms. The van der Waals surface area contributed by atoms with Crippen LogP contribution in [-0.4, -0.2) is 51.0 Å². The van der Waals surface area contributed by atoms with Gasteiger partial charge in [0.15, 0.2) is 0 Å². The Morgan fingerprint density at radius 1 is 1.35 bits per heavy atom. The second kappa shape index (κ2) is 5.65. The first-order valence-electron chi connectivity index (χ1n) is 9.16. The maximum Gasteiger partial charge on any atom is 0.208 e. The van der Waals surface area contributed by atoms with Crippen molar-refractivity contribution in [2.45, 2.75) is 24.5 Å². The molecule has 3 fully saturated rings. The Morgan fingerprint density at radius 3 is 3.04 bits per heavy atom. The number of pyridine rings is 1. The molecule has 7 heteroatoms. The molecule has 138 valence electrons. The van der Waals surface area contributed by atoms with E-state index in [9.17, 15) is 8.42 Å². The lowest BCUT2D eigenvalue weighted by Gasteiger charge is -2.29. The summed E-state index contributed by atoms with van der Waals surface area (Å²) in [6.45, 7) is 2.25. The lowest BCUT2D eigenvalue weighted by atomic mass is 9.74. The third-order valence-electron chi connectivity index (χ3n) is 6.33. The highest BCUT2D eigenvalue weighted by atomic mass is 32.2. The smallest absolute Gasteiger partial charge is 0.208 e. The van der Waals surface area contributed by atoms with E-state index in [-0.39, 0.29) is 17.6 Å². The maximum atomic E-state index is 11.5. The molecule has 1 aromatic heterocycles. The predicted molar refractivity (Wildman–Crippen MR) is 101 cm³/mol. The molecule has 0 aliphatic carbocycles. The van der Waals surface area contributed by atoms with Gasteiger partial charge in [-0.15, -0.1) is 0 Å². The Balaban J connectivity index is 1.45. The van der Waals surface area contributed by atoms with Crippen LogP contribution in [0.2, 0.25) is 0 Å². The van der Waals surface area contributed by atoms with Crippen LogP contribution in [-0.2, 0) is 14.8 Å². The summed E-state index contributed by atoms with van der Waals surface area (Å²) >= 11 is 0. The molecule has 4 heterocycles. The van der Waals surface area contributed by atoms with Gasteiger partial charge in [-0.3, -0.25) is 4.98 Å². The van der Waals surface area contributed by atoms with Crippen LogP contribution < -0.4 is 9.62 Å². The molecule has 2 aromatic rings. The molecular weight excluding hydrogens is 350 g/mol. The van der Waals surface area contributed by atoms with Crippen LogP contribution >= 0.6 is 0 Å². The molecule has 3 aliphatic rings. The number of benzene rings is 1. The maximum absolute atomic E-state index is 11.5. The molecule has 26 heavy (non-hydrogen) atoms. The van der Waals surface area contributed by atoms with E-state index in [1.807, 2.05) is 24.4 Å². The molecule has 0 unspecified atom stereocenters. The van der Waals surface area contributed by atoms with E-state index in [2.05, 4.69) is 26.7 Å². The molecule has 1 aromatic carbocycles. The fraction of sp³-hybridized carbons (Fsp3) is 0.526. The standard InChI is InChI=1S/C19H23N3O3S/c1-26(23,24)21-10-14-15-11-22(12-19(15)8-6-18(14)25-19)17-7-9-20-16-5-3-2-4-13(16)17/h2-5,7,9,14-15,18,21H,6,8,10-12H2,1H3/t14-,15+,18+,19+/m0/s1. The zero-order valence-corrected chi connectivity index (χ0v) is 15.6. The molecule has 0 amide bonds. The number of sulfonamides is 1. The largest absolute Gasteiger partial charge is 0.369 e. The number of nitrogens with one attached hydrogen (secondary N) is 1. The lowest BCUT2D eigenvalue weighted by molar-refractivity contribution is 0.0142. The summed E-state index contributed by atoms with van der Waals surface area (Å²) in [6, 6.07) is 10.3. The van der Waals surface area contributed by atoms with Crippen molar-refractivity contribution in [1.29, 1.82) is 0 Å². The minimum Gasteiger partial charge on any atom is -0.369 e. The molecule has 5 rings (SSSR count).